The van der Waals surface area contributed by atoms with E-state index in [4.69, 9.17) is 4.74 Å². The zero-order valence-electron chi connectivity index (χ0n) is 13.0. The standard InChI is InChI=1S/C16H14N2O5S/c1-22-16(19)23-12-5-8-15-17-14(10-18(15)9-12)11-3-6-13(7-4-11)24(2,20)21/h3-10H,1-2H3. The van der Waals surface area contributed by atoms with Gasteiger partial charge in [0.15, 0.2) is 15.6 Å². The molecule has 124 valence electrons. The topological polar surface area (TPSA) is 87.0 Å². The van der Waals surface area contributed by atoms with Crippen molar-refractivity contribution in [3.8, 4) is 17.0 Å². The summed E-state index contributed by atoms with van der Waals surface area (Å²) in [6, 6.07) is 9.79. The highest BCUT2D eigenvalue weighted by atomic mass is 32.2. The molecule has 0 atom stereocenters. The van der Waals surface area contributed by atoms with Crippen LogP contribution in [-0.2, 0) is 14.6 Å². The molecule has 0 spiro atoms. The van der Waals surface area contributed by atoms with Crippen LogP contribution in [0.1, 0.15) is 0 Å². The van der Waals surface area contributed by atoms with Crippen LogP contribution in [0.4, 0.5) is 4.79 Å². The molecule has 7 nitrogen and oxygen atoms in total. The molecule has 0 amide bonds. The van der Waals surface area contributed by atoms with E-state index in [2.05, 4.69) is 9.72 Å². The highest BCUT2D eigenvalue weighted by Crippen LogP contribution is 2.23. The van der Waals surface area contributed by atoms with Gasteiger partial charge in [0.25, 0.3) is 0 Å². The van der Waals surface area contributed by atoms with Crippen molar-refractivity contribution >= 4 is 21.6 Å². The van der Waals surface area contributed by atoms with Crippen molar-refractivity contribution in [3.63, 3.8) is 0 Å². The van der Waals surface area contributed by atoms with E-state index in [1.807, 2.05) is 0 Å². The summed E-state index contributed by atoms with van der Waals surface area (Å²) >= 11 is 0. The van der Waals surface area contributed by atoms with Crippen molar-refractivity contribution in [2.45, 2.75) is 4.90 Å². The monoisotopic (exact) mass is 346 g/mol. The number of aromatic nitrogens is 2. The molecule has 0 N–H and O–H groups in total. The third kappa shape index (κ3) is 3.23. The van der Waals surface area contributed by atoms with Crippen molar-refractivity contribution in [2.24, 2.45) is 0 Å². The fourth-order valence-electron chi connectivity index (χ4n) is 2.18. The van der Waals surface area contributed by atoms with Gasteiger partial charge in [-0.1, -0.05) is 12.1 Å². The van der Waals surface area contributed by atoms with Gasteiger partial charge in [0, 0.05) is 18.0 Å². The third-order valence-corrected chi connectivity index (χ3v) is 4.50. The van der Waals surface area contributed by atoms with Crippen LogP contribution < -0.4 is 4.74 Å². The van der Waals surface area contributed by atoms with E-state index in [0.717, 1.165) is 11.8 Å². The number of carbonyl (C=O) groups excluding carboxylic acids is 1. The number of carbonyl (C=O) groups is 1. The first-order valence-corrected chi connectivity index (χ1v) is 8.81. The SMILES string of the molecule is COC(=O)Oc1ccc2nc(-c3ccc(S(C)(=O)=O)cc3)cn2c1. The van der Waals surface area contributed by atoms with Crippen LogP contribution in [0.2, 0.25) is 0 Å². The van der Waals surface area contributed by atoms with E-state index in [1.165, 1.54) is 7.11 Å². The summed E-state index contributed by atoms with van der Waals surface area (Å²) in [6.07, 6.45) is 3.73. The van der Waals surface area contributed by atoms with Crippen LogP contribution in [0.25, 0.3) is 16.9 Å². The lowest BCUT2D eigenvalue weighted by Crippen LogP contribution is -2.07. The second-order valence-electron chi connectivity index (χ2n) is 5.11. The van der Waals surface area contributed by atoms with Crippen LogP contribution in [0.3, 0.4) is 0 Å². The van der Waals surface area contributed by atoms with Gasteiger partial charge in [0.1, 0.15) is 5.65 Å². The molecule has 0 saturated carbocycles. The van der Waals surface area contributed by atoms with E-state index in [9.17, 15) is 13.2 Å². The molecule has 3 rings (SSSR count). The van der Waals surface area contributed by atoms with Crippen LogP contribution >= 0.6 is 0 Å². The van der Waals surface area contributed by atoms with Crippen molar-refractivity contribution in [3.05, 3.63) is 48.8 Å². The highest BCUT2D eigenvalue weighted by molar-refractivity contribution is 7.90. The van der Waals surface area contributed by atoms with Gasteiger partial charge in [-0.2, -0.15) is 0 Å². The van der Waals surface area contributed by atoms with Crippen LogP contribution in [-0.4, -0.2) is 37.3 Å². The average Bonchev–Trinajstić information content (AvgIpc) is 2.97. The molecule has 0 bridgehead atoms. The van der Waals surface area contributed by atoms with Gasteiger partial charge in [-0.25, -0.2) is 18.2 Å². The molecule has 1 aromatic carbocycles. The van der Waals surface area contributed by atoms with Gasteiger partial charge < -0.3 is 13.9 Å². The lowest BCUT2D eigenvalue weighted by Gasteiger charge is -2.02. The molecule has 0 aliphatic heterocycles. The number of pyridine rings is 1. The molecule has 3 aromatic rings. The van der Waals surface area contributed by atoms with Gasteiger partial charge in [0.05, 0.1) is 23.9 Å². The molecule has 0 aliphatic carbocycles. The first-order chi connectivity index (χ1) is 11.4. The molecule has 0 radical (unpaired) electrons. The predicted molar refractivity (Wildman–Crippen MR) is 86.8 cm³/mol. The second kappa shape index (κ2) is 5.97. The Hall–Kier alpha value is -2.87. The van der Waals surface area contributed by atoms with Crippen molar-refractivity contribution in [1.29, 1.82) is 0 Å². The number of sulfone groups is 1. The quantitative estimate of drug-likeness (QED) is 0.677. The molecular weight excluding hydrogens is 332 g/mol. The second-order valence-corrected chi connectivity index (χ2v) is 7.12. The molecular formula is C16H14N2O5S. The van der Waals surface area contributed by atoms with Gasteiger partial charge in [-0.15, -0.1) is 0 Å². The normalized spacial score (nSPS) is 11.4. The van der Waals surface area contributed by atoms with Crippen LogP contribution in [0.15, 0.2) is 53.7 Å². The Kier molecular flexibility index (Phi) is 3.98. The fourth-order valence-corrected chi connectivity index (χ4v) is 2.81. The van der Waals surface area contributed by atoms with Gasteiger partial charge in [0.2, 0.25) is 0 Å². The summed E-state index contributed by atoms with van der Waals surface area (Å²) in [4.78, 5) is 15.8. The Morgan fingerprint density at radius 1 is 1.08 bits per heavy atom. The number of hydrogen-bond donors (Lipinski definition) is 0. The minimum atomic E-state index is -3.23. The number of fused-ring (bicyclic) bond motifs is 1. The summed E-state index contributed by atoms with van der Waals surface area (Å²) in [5.74, 6) is 0.325. The van der Waals surface area contributed by atoms with Crippen LogP contribution in [0.5, 0.6) is 5.75 Å². The molecule has 24 heavy (non-hydrogen) atoms. The maximum atomic E-state index is 11.5. The average molecular weight is 346 g/mol. The Morgan fingerprint density at radius 3 is 2.42 bits per heavy atom. The largest absolute Gasteiger partial charge is 0.513 e. The number of ether oxygens (including phenoxy) is 2. The molecule has 8 heteroatoms. The predicted octanol–water partition coefficient (Wildman–Crippen LogP) is 2.55. The lowest BCUT2D eigenvalue weighted by atomic mass is 10.2. The number of hydrogen-bond acceptors (Lipinski definition) is 6. The Morgan fingerprint density at radius 2 is 1.79 bits per heavy atom. The zero-order valence-corrected chi connectivity index (χ0v) is 13.8. The first-order valence-electron chi connectivity index (χ1n) is 6.92. The van der Waals surface area contributed by atoms with E-state index >= 15 is 0 Å². The maximum Gasteiger partial charge on any atom is 0.513 e. The zero-order chi connectivity index (χ0) is 17.3. The fraction of sp³-hybridized carbons (Fsp3) is 0.125. The van der Waals surface area contributed by atoms with Crippen molar-refractivity contribution < 1.29 is 22.7 Å². The van der Waals surface area contributed by atoms with Gasteiger partial charge in [-0.3, -0.25) is 0 Å². The summed E-state index contributed by atoms with van der Waals surface area (Å²) in [5, 5.41) is 0. The molecule has 2 aromatic heterocycles. The molecule has 0 fully saturated rings. The number of rotatable bonds is 3. The summed E-state index contributed by atoms with van der Waals surface area (Å²) in [7, 11) is -2.00. The number of methoxy groups -OCH3 is 1. The first kappa shape index (κ1) is 16.0. The summed E-state index contributed by atoms with van der Waals surface area (Å²) in [6.45, 7) is 0. The molecule has 0 unspecified atom stereocenters. The molecule has 2 heterocycles. The van der Waals surface area contributed by atoms with Crippen molar-refractivity contribution in [1.82, 2.24) is 9.38 Å². The van der Waals surface area contributed by atoms with E-state index < -0.39 is 16.0 Å². The Bertz CT molecular complexity index is 1010. The number of imidazole rings is 1. The van der Waals surface area contributed by atoms with E-state index in [1.54, 1.807) is 53.2 Å². The minimum Gasteiger partial charge on any atom is -0.437 e. The lowest BCUT2D eigenvalue weighted by molar-refractivity contribution is 0.121. The van der Waals surface area contributed by atoms with Gasteiger partial charge >= 0.3 is 6.16 Å². The molecule has 0 saturated heterocycles. The summed E-state index contributed by atoms with van der Waals surface area (Å²) in [5.41, 5.74) is 2.11. The van der Waals surface area contributed by atoms with Crippen LogP contribution in [0, 0.1) is 0 Å². The third-order valence-electron chi connectivity index (χ3n) is 3.37. The van der Waals surface area contributed by atoms with Crippen molar-refractivity contribution in [2.75, 3.05) is 13.4 Å². The van der Waals surface area contributed by atoms with E-state index in [-0.39, 0.29) is 4.90 Å². The summed E-state index contributed by atoms with van der Waals surface area (Å²) < 4.78 is 34.1. The van der Waals surface area contributed by atoms with E-state index in [0.29, 0.717) is 17.1 Å². The number of nitrogens with zero attached hydrogens (tertiary/aromatic N) is 2. The smallest absolute Gasteiger partial charge is 0.437 e. The molecule has 0 aliphatic rings. The number of benzene rings is 1. The maximum absolute atomic E-state index is 11.5. The Labute approximate surface area is 138 Å². The minimum absolute atomic E-state index is 0.253. The Balaban J connectivity index is 1.94. The van der Waals surface area contributed by atoms with Gasteiger partial charge in [-0.05, 0) is 24.3 Å². The highest BCUT2D eigenvalue weighted by Gasteiger charge is 2.10.